The van der Waals surface area contributed by atoms with Crippen molar-refractivity contribution in [2.24, 2.45) is 0 Å². The number of nitrogens with two attached hydrogens (primary N) is 1. The van der Waals surface area contributed by atoms with Crippen molar-refractivity contribution in [2.75, 3.05) is 5.73 Å². The number of aromatic nitrogens is 4. The fraction of sp³-hybridized carbons (Fsp3) is 0. The maximum atomic E-state index is 5.60. The average Bonchev–Trinajstić information content (AvgIpc) is 2.85. The quantitative estimate of drug-likeness (QED) is 0.571. The minimum absolute atomic E-state index is 0.282. The standard InChI is InChI=1S/C15H11N5/c16-15-18-14-9-11(5-7-20(14)19-15)10-3-4-13-12(8-10)2-1-6-17-13/h1-9H,(H2,16,19). The van der Waals surface area contributed by atoms with Gasteiger partial charge in [-0.1, -0.05) is 12.1 Å². The number of hydrogen-bond acceptors (Lipinski definition) is 4. The number of nitrogen functional groups attached to an aromatic ring is 1. The topological polar surface area (TPSA) is 69.1 Å². The lowest BCUT2D eigenvalue weighted by molar-refractivity contribution is 0.968. The number of benzene rings is 1. The van der Waals surface area contributed by atoms with Crippen LogP contribution in [-0.2, 0) is 0 Å². The number of rotatable bonds is 1. The molecule has 0 bridgehead atoms. The molecule has 0 saturated heterocycles. The van der Waals surface area contributed by atoms with Crippen molar-refractivity contribution in [2.45, 2.75) is 0 Å². The van der Waals surface area contributed by atoms with Crippen molar-refractivity contribution >= 4 is 22.5 Å². The SMILES string of the molecule is Nc1nc2cc(-c3ccc4ncccc4c3)ccn2n1. The molecule has 2 N–H and O–H groups in total. The molecule has 96 valence electrons. The summed E-state index contributed by atoms with van der Waals surface area (Å²) in [7, 11) is 0. The summed E-state index contributed by atoms with van der Waals surface area (Å²) in [4.78, 5) is 8.51. The van der Waals surface area contributed by atoms with Crippen LogP contribution in [0.3, 0.4) is 0 Å². The van der Waals surface area contributed by atoms with Crippen molar-refractivity contribution in [1.82, 2.24) is 19.6 Å². The first kappa shape index (κ1) is 10.9. The van der Waals surface area contributed by atoms with Crippen LogP contribution >= 0.6 is 0 Å². The number of anilines is 1. The fourth-order valence-electron chi connectivity index (χ4n) is 2.33. The largest absolute Gasteiger partial charge is 0.366 e. The molecule has 0 radical (unpaired) electrons. The van der Waals surface area contributed by atoms with E-state index in [4.69, 9.17) is 5.73 Å². The van der Waals surface area contributed by atoms with Gasteiger partial charge in [-0.15, -0.1) is 5.10 Å². The van der Waals surface area contributed by atoms with E-state index in [1.165, 1.54) is 0 Å². The van der Waals surface area contributed by atoms with Crippen LogP contribution in [0.2, 0.25) is 0 Å². The first-order valence-electron chi connectivity index (χ1n) is 6.27. The summed E-state index contributed by atoms with van der Waals surface area (Å²) in [6.45, 7) is 0. The molecule has 0 unspecified atom stereocenters. The van der Waals surface area contributed by atoms with Gasteiger partial charge >= 0.3 is 0 Å². The Morgan fingerprint density at radius 2 is 1.90 bits per heavy atom. The summed E-state index contributed by atoms with van der Waals surface area (Å²) in [5.41, 5.74) is 9.53. The second-order valence-corrected chi connectivity index (χ2v) is 4.60. The van der Waals surface area contributed by atoms with Crippen LogP contribution in [0.25, 0.3) is 27.7 Å². The summed E-state index contributed by atoms with van der Waals surface area (Å²) in [6, 6.07) is 14.2. The first-order valence-corrected chi connectivity index (χ1v) is 6.27. The molecular weight excluding hydrogens is 250 g/mol. The zero-order valence-corrected chi connectivity index (χ0v) is 10.6. The zero-order chi connectivity index (χ0) is 13.5. The normalized spacial score (nSPS) is 11.2. The molecule has 0 fully saturated rings. The van der Waals surface area contributed by atoms with Gasteiger partial charge in [-0.05, 0) is 41.5 Å². The highest BCUT2D eigenvalue weighted by molar-refractivity contribution is 5.84. The van der Waals surface area contributed by atoms with Gasteiger partial charge in [-0.2, -0.15) is 4.98 Å². The van der Waals surface area contributed by atoms with Gasteiger partial charge in [-0.3, -0.25) is 4.98 Å². The fourth-order valence-corrected chi connectivity index (χ4v) is 2.33. The van der Waals surface area contributed by atoms with E-state index in [9.17, 15) is 0 Å². The second kappa shape index (κ2) is 4.03. The number of hydrogen-bond donors (Lipinski definition) is 1. The van der Waals surface area contributed by atoms with Crippen LogP contribution < -0.4 is 5.73 Å². The van der Waals surface area contributed by atoms with E-state index in [0.717, 1.165) is 27.7 Å². The van der Waals surface area contributed by atoms with E-state index in [2.05, 4.69) is 33.3 Å². The Hall–Kier alpha value is -2.95. The van der Waals surface area contributed by atoms with E-state index >= 15 is 0 Å². The van der Waals surface area contributed by atoms with Gasteiger partial charge in [0, 0.05) is 17.8 Å². The molecule has 4 rings (SSSR count). The Morgan fingerprint density at radius 3 is 2.85 bits per heavy atom. The molecule has 0 aliphatic heterocycles. The van der Waals surface area contributed by atoms with Crippen LogP contribution in [0.1, 0.15) is 0 Å². The highest BCUT2D eigenvalue weighted by Gasteiger charge is 2.04. The molecule has 0 aliphatic carbocycles. The van der Waals surface area contributed by atoms with Crippen LogP contribution in [0.4, 0.5) is 5.95 Å². The zero-order valence-electron chi connectivity index (χ0n) is 10.6. The maximum absolute atomic E-state index is 5.60. The molecule has 1 aromatic carbocycles. The van der Waals surface area contributed by atoms with E-state index in [-0.39, 0.29) is 5.95 Å². The van der Waals surface area contributed by atoms with Crippen LogP contribution in [0.5, 0.6) is 0 Å². The van der Waals surface area contributed by atoms with E-state index in [1.807, 2.05) is 30.5 Å². The van der Waals surface area contributed by atoms with Gasteiger partial charge in [0.1, 0.15) is 0 Å². The van der Waals surface area contributed by atoms with Crippen LogP contribution in [0, 0.1) is 0 Å². The Balaban J connectivity index is 1.90. The molecule has 0 amide bonds. The third-order valence-corrected chi connectivity index (χ3v) is 3.29. The Labute approximate surface area is 114 Å². The molecule has 0 atom stereocenters. The van der Waals surface area contributed by atoms with Gasteiger partial charge in [-0.25, -0.2) is 4.52 Å². The van der Waals surface area contributed by atoms with E-state index in [1.54, 1.807) is 10.7 Å². The molecule has 0 saturated carbocycles. The minimum atomic E-state index is 0.282. The Kier molecular flexibility index (Phi) is 2.20. The summed E-state index contributed by atoms with van der Waals surface area (Å²) < 4.78 is 1.67. The van der Waals surface area contributed by atoms with Crippen molar-refractivity contribution < 1.29 is 0 Å². The van der Waals surface area contributed by atoms with Gasteiger partial charge in [0.05, 0.1) is 5.52 Å². The van der Waals surface area contributed by atoms with E-state index in [0.29, 0.717) is 0 Å². The van der Waals surface area contributed by atoms with Gasteiger partial charge in [0.2, 0.25) is 5.95 Å². The molecule has 3 aromatic heterocycles. The molecule has 5 heteroatoms. The van der Waals surface area contributed by atoms with Gasteiger partial charge < -0.3 is 5.73 Å². The highest BCUT2D eigenvalue weighted by atomic mass is 15.3. The molecular formula is C15H11N5. The van der Waals surface area contributed by atoms with Gasteiger partial charge in [0.15, 0.2) is 5.65 Å². The third-order valence-electron chi connectivity index (χ3n) is 3.29. The lowest BCUT2D eigenvalue weighted by atomic mass is 10.0. The highest BCUT2D eigenvalue weighted by Crippen LogP contribution is 2.24. The minimum Gasteiger partial charge on any atom is -0.366 e. The smallest absolute Gasteiger partial charge is 0.240 e. The predicted octanol–water partition coefficient (Wildman–Crippen LogP) is 2.53. The summed E-state index contributed by atoms with van der Waals surface area (Å²) in [5, 5.41) is 5.19. The van der Waals surface area contributed by atoms with Gasteiger partial charge in [0.25, 0.3) is 0 Å². The molecule has 3 heterocycles. The molecule has 0 spiro atoms. The second-order valence-electron chi connectivity index (χ2n) is 4.60. The predicted molar refractivity (Wildman–Crippen MR) is 78.1 cm³/mol. The molecule has 0 aliphatic rings. The van der Waals surface area contributed by atoms with Crippen LogP contribution in [-0.4, -0.2) is 19.6 Å². The lowest BCUT2D eigenvalue weighted by Crippen LogP contribution is -1.89. The molecule has 4 aromatic rings. The molecule has 20 heavy (non-hydrogen) atoms. The Morgan fingerprint density at radius 1 is 1.00 bits per heavy atom. The van der Waals surface area contributed by atoms with Crippen molar-refractivity contribution in [3.63, 3.8) is 0 Å². The van der Waals surface area contributed by atoms with Crippen molar-refractivity contribution in [3.8, 4) is 11.1 Å². The Bertz CT molecular complexity index is 926. The maximum Gasteiger partial charge on any atom is 0.240 e. The summed E-state index contributed by atoms with van der Waals surface area (Å²) in [6.07, 6.45) is 3.66. The van der Waals surface area contributed by atoms with E-state index < -0.39 is 0 Å². The van der Waals surface area contributed by atoms with Crippen LogP contribution in [0.15, 0.2) is 54.9 Å². The third kappa shape index (κ3) is 1.68. The number of nitrogens with zero attached hydrogens (tertiary/aromatic N) is 4. The molecule has 5 nitrogen and oxygen atoms in total. The van der Waals surface area contributed by atoms with Crippen molar-refractivity contribution in [3.05, 3.63) is 54.9 Å². The number of pyridine rings is 2. The monoisotopic (exact) mass is 261 g/mol. The van der Waals surface area contributed by atoms with Crippen molar-refractivity contribution in [1.29, 1.82) is 0 Å². The first-order chi connectivity index (χ1) is 9.79. The average molecular weight is 261 g/mol. The summed E-state index contributed by atoms with van der Waals surface area (Å²) >= 11 is 0. The summed E-state index contributed by atoms with van der Waals surface area (Å²) in [5.74, 6) is 0.282. The lowest BCUT2D eigenvalue weighted by Gasteiger charge is -2.04. The number of fused-ring (bicyclic) bond motifs is 2.